The standard InChI is InChI=1S/C20H32N2O/c1-12(2)18-11-22(20(23)21(18)10-13-3-4-13)19-16-6-14-5-15(8-16)9-17(19)7-14/h12-19H,3-11H2,1-2H3. The topological polar surface area (TPSA) is 23.6 Å². The van der Waals surface area contributed by atoms with Crippen LogP contribution in [0.2, 0.25) is 0 Å². The van der Waals surface area contributed by atoms with Crippen LogP contribution in [0.25, 0.3) is 0 Å². The molecule has 0 spiro atoms. The van der Waals surface area contributed by atoms with Crippen LogP contribution in [0.15, 0.2) is 0 Å². The molecule has 1 heterocycles. The zero-order chi connectivity index (χ0) is 15.7. The van der Waals surface area contributed by atoms with Crippen LogP contribution >= 0.6 is 0 Å². The van der Waals surface area contributed by atoms with Crippen molar-refractivity contribution in [2.24, 2.45) is 35.5 Å². The van der Waals surface area contributed by atoms with Gasteiger partial charge in [0.25, 0.3) is 0 Å². The summed E-state index contributed by atoms with van der Waals surface area (Å²) < 4.78 is 0. The highest BCUT2D eigenvalue weighted by Crippen LogP contribution is 2.55. The molecule has 128 valence electrons. The van der Waals surface area contributed by atoms with E-state index in [0.717, 1.165) is 42.7 Å². The lowest BCUT2D eigenvalue weighted by Gasteiger charge is -2.56. The van der Waals surface area contributed by atoms with Gasteiger partial charge in [-0.3, -0.25) is 0 Å². The average molecular weight is 316 g/mol. The molecule has 5 saturated carbocycles. The van der Waals surface area contributed by atoms with Crippen LogP contribution in [0.1, 0.15) is 58.8 Å². The molecule has 6 fully saturated rings. The Labute approximate surface area is 140 Å². The van der Waals surface area contributed by atoms with Crippen LogP contribution in [0.5, 0.6) is 0 Å². The maximum Gasteiger partial charge on any atom is 0.320 e. The Morgan fingerprint density at radius 3 is 2.13 bits per heavy atom. The summed E-state index contributed by atoms with van der Waals surface area (Å²) in [4.78, 5) is 17.9. The number of hydrogen-bond acceptors (Lipinski definition) is 1. The summed E-state index contributed by atoms with van der Waals surface area (Å²) >= 11 is 0. The lowest BCUT2D eigenvalue weighted by molar-refractivity contribution is -0.0476. The van der Waals surface area contributed by atoms with E-state index in [2.05, 4.69) is 23.6 Å². The fourth-order valence-electron chi connectivity index (χ4n) is 6.70. The van der Waals surface area contributed by atoms with E-state index in [0.29, 0.717) is 24.0 Å². The van der Waals surface area contributed by atoms with Crippen LogP contribution in [-0.4, -0.2) is 41.0 Å². The van der Waals surface area contributed by atoms with Gasteiger partial charge in [-0.15, -0.1) is 0 Å². The van der Waals surface area contributed by atoms with Gasteiger partial charge >= 0.3 is 6.03 Å². The van der Waals surface area contributed by atoms with Crippen molar-refractivity contribution in [2.75, 3.05) is 13.1 Å². The van der Waals surface area contributed by atoms with Crippen molar-refractivity contribution in [2.45, 2.75) is 70.9 Å². The van der Waals surface area contributed by atoms with Gasteiger partial charge in [-0.25, -0.2) is 4.79 Å². The molecule has 3 heteroatoms. The molecule has 3 nitrogen and oxygen atoms in total. The summed E-state index contributed by atoms with van der Waals surface area (Å²) in [5, 5.41) is 0. The number of amides is 2. The summed E-state index contributed by atoms with van der Waals surface area (Å²) in [5.41, 5.74) is 0. The van der Waals surface area contributed by atoms with E-state index in [9.17, 15) is 4.79 Å². The molecule has 1 aliphatic heterocycles. The monoisotopic (exact) mass is 316 g/mol. The van der Waals surface area contributed by atoms with Gasteiger partial charge < -0.3 is 9.80 Å². The van der Waals surface area contributed by atoms with E-state index in [1.807, 2.05) is 0 Å². The Kier molecular flexibility index (Phi) is 3.26. The van der Waals surface area contributed by atoms with Crippen molar-refractivity contribution in [3.63, 3.8) is 0 Å². The van der Waals surface area contributed by atoms with Crippen LogP contribution < -0.4 is 0 Å². The Morgan fingerprint density at radius 1 is 1.00 bits per heavy atom. The maximum atomic E-state index is 13.3. The van der Waals surface area contributed by atoms with Crippen LogP contribution in [-0.2, 0) is 0 Å². The second-order valence-corrected chi connectivity index (χ2v) is 9.76. The van der Waals surface area contributed by atoms with Gasteiger partial charge in [0.1, 0.15) is 0 Å². The van der Waals surface area contributed by atoms with Gasteiger partial charge in [0, 0.05) is 19.1 Å². The Balaban J connectivity index is 1.38. The van der Waals surface area contributed by atoms with Crippen molar-refractivity contribution < 1.29 is 4.79 Å². The minimum Gasteiger partial charge on any atom is -0.319 e. The number of urea groups is 1. The van der Waals surface area contributed by atoms with Gasteiger partial charge in [-0.2, -0.15) is 0 Å². The highest BCUT2D eigenvalue weighted by Gasteiger charge is 2.54. The maximum absolute atomic E-state index is 13.3. The van der Waals surface area contributed by atoms with Crippen LogP contribution in [0, 0.1) is 35.5 Å². The molecular formula is C20H32N2O. The fraction of sp³-hybridized carbons (Fsp3) is 0.950. The third-order valence-electron chi connectivity index (χ3n) is 7.73. The smallest absolute Gasteiger partial charge is 0.319 e. The highest BCUT2D eigenvalue weighted by molar-refractivity contribution is 5.78. The summed E-state index contributed by atoms with van der Waals surface area (Å²) in [7, 11) is 0. The molecule has 1 unspecified atom stereocenters. The van der Waals surface area contributed by atoms with E-state index in [1.54, 1.807) is 0 Å². The Hall–Kier alpha value is -0.730. The lowest BCUT2D eigenvalue weighted by atomic mass is 9.54. The molecule has 0 aromatic rings. The third kappa shape index (κ3) is 2.33. The average Bonchev–Trinajstić information content (AvgIpc) is 3.25. The predicted octanol–water partition coefficient (Wildman–Crippen LogP) is 3.98. The second kappa shape index (κ2) is 5.13. The van der Waals surface area contributed by atoms with Crippen molar-refractivity contribution in [1.29, 1.82) is 0 Å². The molecular weight excluding hydrogens is 284 g/mol. The molecule has 6 aliphatic rings. The quantitative estimate of drug-likeness (QED) is 0.769. The molecule has 23 heavy (non-hydrogen) atoms. The summed E-state index contributed by atoms with van der Waals surface area (Å²) in [6, 6.07) is 1.44. The number of hydrogen-bond donors (Lipinski definition) is 0. The van der Waals surface area contributed by atoms with Crippen LogP contribution in [0.3, 0.4) is 0 Å². The first kappa shape index (κ1) is 14.6. The molecule has 5 aliphatic carbocycles. The molecule has 0 aromatic carbocycles. The third-order valence-corrected chi connectivity index (χ3v) is 7.73. The van der Waals surface area contributed by atoms with E-state index in [1.165, 1.54) is 44.9 Å². The molecule has 1 atom stereocenters. The molecule has 6 rings (SSSR count). The SMILES string of the molecule is CC(C)C1CN(C2C3CC4CC(C3)CC2C4)C(=O)N1CC1CC1. The molecule has 2 amide bonds. The largest absolute Gasteiger partial charge is 0.320 e. The van der Waals surface area contributed by atoms with E-state index < -0.39 is 0 Å². The molecule has 4 bridgehead atoms. The van der Waals surface area contributed by atoms with Crippen molar-refractivity contribution in [3.05, 3.63) is 0 Å². The summed E-state index contributed by atoms with van der Waals surface area (Å²) in [5.74, 6) is 5.02. The van der Waals surface area contributed by atoms with Crippen molar-refractivity contribution in [3.8, 4) is 0 Å². The van der Waals surface area contributed by atoms with E-state index >= 15 is 0 Å². The molecule has 0 aromatic heterocycles. The first-order chi connectivity index (χ1) is 11.1. The minimum absolute atomic E-state index is 0.396. The normalized spacial score (nSPS) is 45.6. The van der Waals surface area contributed by atoms with Crippen LogP contribution in [0.4, 0.5) is 4.79 Å². The van der Waals surface area contributed by atoms with Gasteiger partial charge in [-0.05, 0) is 80.5 Å². The Morgan fingerprint density at radius 2 is 1.61 bits per heavy atom. The predicted molar refractivity (Wildman–Crippen MR) is 91.0 cm³/mol. The van der Waals surface area contributed by atoms with Gasteiger partial charge in [0.15, 0.2) is 0 Å². The summed E-state index contributed by atoms with van der Waals surface area (Å²) in [6.45, 7) is 6.65. The molecule has 1 saturated heterocycles. The van der Waals surface area contributed by atoms with E-state index in [4.69, 9.17) is 0 Å². The number of rotatable bonds is 4. The van der Waals surface area contributed by atoms with Gasteiger partial charge in [0.05, 0.1) is 6.04 Å². The molecule has 0 radical (unpaired) electrons. The number of carbonyl (C=O) groups excluding carboxylic acids is 1. The first-order valence-electron chi connectivity index (χ1n) is 10.2. The lowest BCUT2D eigenvalue weighted by Crippen LogP contribution is -2.56. The van der Waals surface area contributed by atoms with Crippen molar-refractivity contribution >= 4 is 6.03 Å². The number of carbonyl (C=O) groups is 1. The minimum atomic E-state index is 0.396. The zero-order valence-electron chi connectivity index (χ0n) is 14.8. The highest BCUT2D eigenvalue weighted by atomic mass is 16.2. The second-order valence-electron chi connectivity index (χ2n) is 9.76. The number of nitrogens with zero attached hydrogens (tertiary/aromatic N) is 2. The summed E-state index contributed by atoms with van der Waals surface area (Å²) in [6.07, 6.45) is 9.83. The fourth-order valence-corrected chi connectivity index (χ4v) is 6.70. The van der Waals surface area contributed by atoms with Gasteiger partial charge in [-0.1, -0.05) is 13.8 Å². The first-order valence-corrected chi connectivity index (χ1v) is 10.2. The molecule has 0 N–H and O–H groups in total. The van der Waals surface area contributed by atoms with E-state index in [-0.39, 0.29) is 0 Å². The Bertz CT molecular complexity index is 470. The zero-order valence-corrected chi connectivity index (χ0v) is 14.8. The van der Waals surface area contributed by atoms with Crippen molar-refractivity contribution in [1.82, 2.24) is 9.80 Å². The van der Waals surface area contributed by atoms with Gasteiger partial charge in [0.2, 0.25) is 0 Å².